The number of nitrogens with one attached hydrogen (secondary N) is 1. The Morgan fingerprint density at radius 2 is 2.05 bits per heavy atom. The molecule has 2 N–H and O–H groups in total. The lowest BCUT2D eigenvalue weighted by Crippen LogP contribution is -2.28. The largest absolute Gasteiger partial charge is 0.478 e. The molecule has 1 heterocycles. The maximum Gasteiger partial charge on any atom is 0.339 e. The molecule has 0 aromatic carbocycles. The van der Waals surface area contributed by atoms with Crippen molar-refractivity contribution in [3.05, 3.63) is 23.2 Å². The van der Waals surface area contributed by atoms with Gasteiger partial charge in [0.05, 0.1) is 0 Å². The standard InChI is InChI=1S/C17H23NO4/c1-2-14-12(17(20)21)9-15(22-14)16(19)18-13-8-11(13)10-6-4-3-5-7-10/h9-11,13H,2-8H2,1H3,(H,18,19)(H,20,21). The van der Waals surface area contributed by atoms with Crippen molar-refractivity contribution >= 4 is 11.9 Å². The van der Waals surface area contributed by atoms with Crippen LogP contribution in [-0.4, -0.2) is 23.0 Å². The summed E-state index contributed by atoms with van der Waals surface area (Å²) in [5.74, 6) is 0.484. The van der Waals surface area contributed by atoms with Gasteiger partial charge in [0.2, 0.25) is 0 Å². The number of carboxylic acids is 1. The number of hydrogen-bond donors (Lipinski definition) is 2. The Balaban J connectivity index is 1.60. The molecular weight excluding hydrogens is 282 g/mol. The van der Waals surface area contributed by atoms with E-state index in [-0.39, 0.29) is 23.3 Å². The monoisotopic (exact) mass is 305 g/mol. The third kappa shape index (κ3) is 3.03. The second kappa shape index (κ2) is 6.15. The van der Waals surface area contributed by atoms with Gasteiger partial charge in [-0.2, -0.15) is 0 Å². The van der Waals surface area contributed by atoms with E-state index < -0.39 is 5.97 Å². The summed E-state index contributed by atoms with van der Waals surface area (Å²) < 4.78 is 5.40. The molecule has 2 unspecified atom stereocenters. The van der Waals surface area contributed by atoms with Crippen molar-refractivity contribution < 1.29 is 19.1 Å². The molecule has 2 aliphatic rings. The summed E-state index contributed by atoms with van der Waals surface area (Å²) in [4.78, 5) is 23.3. The molecule has 2 atom stereocenters. The Morgan fingerprint density at radius 3 is 2.64 bits per heavy atom. The fourth-order valence-electron chi connectivity index (χ4n) is 3.69. The van der Waals surface area contributed by atoms with Crippen LogP contribution in [-0.2, 0) is 6.42 Å². The quantitative estimate of drug-likeness (QED) is 0.875. The molecule has 0 spiro atoms. The van der Waals surface area contributed by atoms with E-state index in [2.05, 4.69) is 5.32 Å². The average molecular weight is 305 g/mol. The van der Waals surface area contributed by atoms with Gasteiger partial charge in [0.15, 0.2) is 5.76 Å². The van der Waals surface area contributed by atoms with Crippen LogP contribution < -0.4 is 5.32 Å². The Hall–Kier alpha value is -1.78. The van der Waals surface area contributed by atoms with Crippen LogP contribution in [0.5, 0.6) is 0 Å². The molecule has 2 aliphatic carbocycles. The van der Waals surface area contributed by atoms with Crippen LogP contribution in [0.1, 0.15) is 72.1 Å². The van der Waals surface area contributed by atoms with E-state index in [1.54, 1.807) is 0 Å². The maximum atomic E-state index is 12.2. The molecule has 120 valence electrons. The summed E-state index contributed by atoms with van der Waals surface area (Å²) in [6.07, 6.45) is 8.02. The smallest absolute Gasteiger partial charge is 0.339 e. The highest BCUT2D eigenvalue weighted by molar-refractivity contribution is 5.96. The maximum absolute atomic E-state index is 12.2. The zero-order valence-corrected chi connectivity index (χ0v) is 12.9. The van der Waals surface area contributed by atoms with Crippen LogP contribution in [0.2, 0.25) is 0 Å². The number of amides is 1. The minimum Gasteiger partial charge on any atom is -0.478 e. The normalized spacial score (nSPS) is 25.0. The van der Waals surface area contributed by atoms with Gasteiger partial charge >= 0.3 is 5.97 Å². The van der Waals surface area contributed by atoms with Crippen molar-refractivity contribution in [2.24, 2.45) is 11.8 Å². The minimum absolute atomic E-state index is 0.0901. The van der Waals surface area contributed by atoms with Crippen LogP contribution in [0, 0.1) is 11.8 Å². The molecule has 2 fully saturated rings. The van der Waals surface area contributed by atoms with Gasteiger partial charge < -0.3 is 14.8 Å². The molecule has 0 aliphatic heterocycles. The van der Waals surface area contributed by atoms with Crippen LogP contribution in [0.25, 0.3) is 0 Å². The van der Waals surface area contributed by atoms with E-state index in [0.29, 0.717) is 18.1 Å². The Bertz CT molecular complexity index is 571. The molecule has 5 heteroatoms. The van der Waals surface area contributed by atoms with Crippen LogP contribution in [0.15, 0.2) is 10.5 Å². The number of carbonyl (C=O) groups is 2. The topological polar surface area (TPSA) is 79.5 Å². The lowest BCUT2D eigenvalue weighted by atomic mass is 9.85. The van der Waals surface area contributed by atoms with E-state index in [9.17, 15) is 9.59 Å². The number of furan rings is 1. The van der Waals surface area contributed by atoms with Crippen molar-refractivity contribution in [2.75, 3.05) is 0 Å². The molecule has 0 bridgehead atoms. The Morgan fingerprint density at radius 1 is 1.32 bits per heavy atom. The number of aromatic carboxylic acids is 1. The van der Waals surface area contributed by atoms with Gasteiger partial charge in [-0.15, -0.1) is 0 Å². The summed E-state index contributed by atoms with van der Waals surface area (Å²) in [5, 5.41) is 12.1. The molecule has 5 nitrogen and oxygen atoms in total. The number of rotatable bonds is 5. The SMILES string of the molecule is CCc1oc(C(=O)NC2CC2C2CCCCC2)cc1C(=O)O. The first kappa shape index (κ1) is 15.1. The zero-order chi connectivity index (χ0) is 15.7. The second-order valence-electron chi connectivity index (χ2n) is 6.48. The lowest BCUT2D eigenvalue weighted by Gasteiger charge is -2.21. The van der Waals surface area contributed by atoms with Gasteiger partial charge in [-0.1, -0.05) is 39.0 Å². The van der Waals surface area contributed by atoms with E-state index in [1.165, 1.54) is 38.2 Å². The van der Waals surface area contributed by atoms with Gasteiger partial charge in [0.1, 0.15) is 11.3 Å². The summed E-state index contributed by atoms with van der Waals surface area (Å²) in [5.41, 5.74) is 0.0901. The van der Waals surface area contributed by atoms with Crippen molar-refractivity contribution in [1.82, 2.24) is 5.32 Å². The van der Waals surface area contributed by atoms with Crippen molar-refractivity contribution in [3.8, 4) is 0 Å². The average Bonchev–Trinajstić information content (AvgIpc) is 3.13. The summed E-state index contributed by atoms with van der Waals surface area (Å²) in [6, 6.07) is 1.58. The van der Waals surface area contributed by atoms with Gasteiger partial charge in [-0.3, -0.25) is 4.79 Å². The predicted molar refractivity (Wildman–Crippen MR) is 81.0 cm³/mol. The fourth-order valence-corrected chi connectivity index (χ4v) is 3.69. The van der Waals surface area contributed by atoms with Crippen LogP contribution in [0.4, 0.5) is 0 Å². The first-order chi connectivity index (χ1) is 10.6. The van der Waals surface area contributed by atoms with Gasteiger partial charge in [-0.05, 0) is 18.3 Å². The zero-order valence-electron chi connectivity index (χ0n) is 12.9. The van der Waals surface area contributed by atoms with E-state index in [4.69, 9.17) is 9.52 Å². The molecule has 0 radical (unpaired) electrons. The number of hydrogen-bond acceptors (Lipinski definition) is 3. The summed E-state index contributed by atoms with van der Waals surface area (Å²) in [7, 11) is 0. The van der Waals surface area contributed by atoms with Crippen LogP contribution in [0.3, 0.4) is 0 Å². The predicted octanol–water partition coefficient (Wildman–Crippen LogP) is 3.24. The Labute approximate surface area is 130 Å². The van der Waals surface area contributed by atoms with Crippen molar-refractivity contribution in [3.63, 3.8) is 0 Å². The highest BCUT2D eigenvalue weighted by Crippen LogP contribution is 2.44. The van der Waals surface area contributed by atoms with E-state index in [1.807, 2.05) is 6.92 Å². The molecule has 3 rings (SSSR count). The minimum atomic E-state index is -1.05. The van der Waals surface area contributed by atoms with Gasteiger partial charge in [0.25, 0.3) is 5.91 Å². The second-order valence-corrected chi connectivity index (χ2v) is 6.48. The van der Waals surface area contributed by atoms with E-state index in [0.717, 1.165) is 12.3 Å². The molecule has 0 saturated heterocycles. The molecular formula is C17H23NO4. The molecule has 1 aromatic heterocycles. The number of aryl methyl sites for hydroxylation is 1. The summed E-state index contributed by atoms with van der Waals surface area (Å²) in [6.45, 7) is 1.81. The molecule has 22 heavy (non-hydrogen) atoms. The van der Waals surface area contributed by atoms with Crippen LogP contribution >= 0.6 is 0 Å². The van der Waals surface area contributed by atoms with Crippen molar-refractivity contribution in [1.29, 1.82) is 0 Å². The highest BCUT2D eigenvalue weighted by atomic mass is 16.4. The third-order valence-electron chi connectivity index (χ3n) is 5.00. The number of carboxylic acid groups (broad SMARTS) is 1. The fraction of sp³-hybridized carbons (Fsp3) is 0.647. The van der Waals surface area contributed by atoms with E-state index >= 15 is 0 Å². The molecule has 1 aromatic rings. The molecule has 1 amide bonds. The first-order valence-corrected chi connectivity index (χ1v) is 8.27. The third-order valence-corrected chi connectivity index (χ3v) is 5.00. The number of carbonyl (C=O) groups excluding carboxylic acids is 1. The first-order valence-electron chi connectivity index (χ1n) is 8.27. The lowest BCUT2D eigenvalue weighted by molar-refractivity contribution is 0.0694. The van der Waals surface area contributed by atoms with Gasteiger partial charge in [-0.25, -0.2) is 4.79 Å². The molecule has 2 saturated carbocycles. The summed E-state index contributed by atoms with van der Waals surface area (Å²) >= 11 is 0. The van der Waals surface area contributed by atoms with Crippen molar-refractivity contribution in [2.45, 2.75) is 57.9 Å². The Kier molecular flexibility index (Phi) is 4.23. The van der Waals surface area contributed by atoms with Gasteiger partial charge in [0, 0.05) is 18.5 Å². The highest BCUT2D eigenvalue weighted by Gasteiger charge is 2.44.